The van der Waals surface area contributed by atoms with Crippen LogP contribution in [0, 0.1) is 5.82 Å². The minimum atomic E-state index is -0.273. The highest BCUT2D eigenvalue weighted by Gasteiger charge is 2.13. The second-order valence-corrected chi connectivity index (χ2v) is 7.81. The number of rotatable bonds is 4. The highest BCUT2D eigenvalue weighted by atomic mass is 79.9. The predicted molar refractivity (Wildman–Crippen MR) is 111 cm³/mol. The number of thioether (sulfide) groups is 1. The standard InChI is InChI=1S/C21H14BrFN2OS/c22-15-8-10-17(11-9-15)25-20(26)18-6-1-2-7-19(18)24-21(25)27-13-14-4-3-5-16(23)12-14/h1-12H,13H2. The summed E-state index contributed by atoms with van der Waals surface area (Å²) >= 11 is 4.83. The Kier molecular flexibility index (Phi) is 5.09. The van der Waals surface area contributed by atoms with Crippen molar-refractivity contribution in [2.45, 2.75) is 10.9 Å². The summed E-state index contributed by atoms with van der Waals surface area (Å²) in [4.78, 5) is 17.8. The van der Waals surface area contributed by atoms with Crippen molar-refractivity contribution in [3.05, 3.63) is 99.0 Å². The van der Waals surface area contributed by atoms with Gasteiger partial charge in [0, 0.05) is 10.2 Å². The zero-order chi connectivity index (χ0) is 18.8. The zero-order valence-corrected chi connectivity index (χ0v) is 16.5. The molecular weight excluding hydrogens is 427 g/mol. The summed E-state index contributed by atoms with van der Waals surface area (Å²) in [5, 5.41) is 1.14. The average molecular weight is 441 g/mol. The number of benzene rings is 3. The van der Waals surface area contributed by atoms with Crippen LogP contribution in [0.15, 0.2) is 87.2 Å². The smallest absolute Gasteiger partial charge is 0.266 e. The molecule has 0 aliphatic rings. The van der Waals surface area contributed by atoms with Crippen LogP contribution < -0.4 is 5.56 Å². The van der Waals surface area contributed by atoms with Crippen LogP contribution in [-0.2, 0) is 5.75 Å². The molecule has 0 amide bonds. The van der Waals surface area contributed by atoms with E-state index in [2.05, 4.69) is 15.9 Å². The van der Waals surface area contributed by atoms with E-state index in [4.69, 9.17) is 4.98 Å². The zero-order valence-electron chi connectivity index (χ0n) is 14.1. The molecule has 3 nitrogen and oxygen atoms in total. The van der Waals surface area contributed by atoms with E-state index in [9.17, 15) is 9.18 Å². The largest absolute Gasteiger partial charge is 0.268 e. The van der Waals surface area contributed by atoms with Gasteiger partial charge in [0.1, 0.15) is 5.82 Å². The Bertz CT molecular complexity index is 1170. The van der Waals surface area contributed by atoms with Gasteiger partial charge in [-0.3, -0.25) is 9.36 Å². The summed E-state index contributed by atoms with van der Waals surface area (Å²) < 4.78 is 16.0. The Hall–Kier alpha value is -2.44. The first-order chi connectivity index (χ1) is 13.1. The molecule has 134 valence electrons. The van der Waals surface area contributed by atoms with E-state index in [0.717, 1.165) is 15.7 Å². The van der Waals surface area contributed by atoms with E-state index < -0.39 is 0 Å². The van der Waals surface area contributed by atoms with Crippen LogP contribution in [0.25, 0.3) is 16.6 Å². The van der Waals surface area contributed by atoms with Gasteiger partial charge >= 0.3 is 0 Å². The van der Waals surface area contributed by atoms with Crippen molar-refractivity contribution in [2.75, 3.05) is 0 Å². The summed E-state index contributed by atoms with van der Waals surface area (Å²) in [5.41, 5.74) is 2.11. The molecule has 0 saturated heterocycles. The first kappa shape index (κ1) is 17.9. The fraction of sp³-hybridized carbons (Fsp3) is 0.0476. The van der Waals surface area contributed by atoms with Crippen molar-refractivity contribution in [3.8, 4) is 5.69 Å². The van der Waals surface area contributed by atoms with Gasteiger partial charge < -0.3 is 0 Å². The van der Waals surface area contributed by atoms with Crippen molar-refractivity contribution in [3.63, 3.8) is 0 Å². The van der Waals surface area contributed by atoms with E-state index in [1.54, 1.807) is 16.7 Å². The van der Waals surface area contributed by atoms with Gasteiger partial charge in [-0.25, -0.2) is 9.37 Å². The molecule has 6 heteroatoms. The van der Waals surface area contributed by atoms with Crippen LogP contribution in [0.2, 0.25) is 0 Å². The van der Waals surface area contributed by atoms with Gasteiger partial charge in [0.15, 0.2) is 5.16 Å². The molecule has 0 atom stereocenters. The predicted octanol–water partition coefficient (Wildman–Crippen LogP) is 5.58. The van der Waals surface area contributed by atoms with Gasteiger partial charge in [-0.15, -0.1) is 0 Å². The van der Waals surface area contributed by atoms with Crippen LogP contribution in [0.4, 0.5) is 4.39 Å². The van der Waals surface area contributed by atoms with Crippen molar-refractivity contribution < 1.29 is 4.39 Å². The highest BCUT2D eigenvalue weighted by molar-refractivity contribution is 9.10. The number of aromatic nitrogens is 2. The molecule has 0 N–H and O–H groups in total. The van der Waals surface area contributed by atoms with Crippen LogP contribution in [0.3, 0.4) is 0 Å². The Balaban J connectivity index is 1.83. The third-order valence-corrected chi connectivity index (χ3v) is 5.63. The number of para-hydroxylation sites is 1. The molecule has 0 aliphatic heterocycles. The molecule has 4 aromatic rings. The molecule has 0 unspecified atom stereocenters. The maximum absolute atomic E-state index is 13.5. The molecule has 27 heavy (non-hydrogen) atoms. The minimum Gasteiger partial charge on any atom is -0.268 e. The molecular formula is C21H14BrFN2OS. The van der Waals surface area contributed by atoms with Crippen LogP contribution in [0.5, 0.6) is 0 Å². The monoisotopic (exact) mass is 440 g/mol. The topological polar surface area (TPSA) is 34.9 Å². The molecule has 4 rings (SSSR count). The maximum atomic E-state index is 13.5. The lowest BCUT2D eigenvalue weighted by Gasteiger charge is -2.13. The van der Waals surface area contributed by atoms with Crippen LogP contribution in [-0.4, -0.2) is 9.55 Å². The van der Waals surface area contributed by atoms with Crippen LogP contribution in [0.1, 0.15) is 5.56 Å². The van der Waals surface area contributed by atoms with Crippen LogP contribution >= 0.6 is 27.7 Å². The third kappa shape index (κ3) is 3.82. The number of fused-ring (bicyclic) bond motifs is 1. The van der Waals surface area contributed by atoms with Crippen molar-refractivity contribution >= 4 is 38.6 Å². The quantitative estimate of drug-likeness (QED) is 0.306. The Morgan fingerprint density at radius 3 is 2.56 bits per heavy atom. The first-order valence-electron chi connectivity index (χ1n) is 8.27. The fourth-order valence-corrected chi connectivity index (χ4v) is 4.02. The summed E-state index contributed by atoms with van der Waals surface area (Å²) in [6.45, 7) is 0. The molecule has 0 fully saturated rings. The number of hydrogen-bond donors (Lipinski definition) is 0. The van der Waals surface area contributed by atoms with Gasteiger partial charge in [0.2, 0.25) is 0 Å². The number of hydrogen-bond acceptors (Lipinski definition) is 3. The lowest BCUT2D eigenvalue weighted by Crippen LogP contribution is -2.21. The third-order valence-electron chi connectivity index (χ3n) is 4.09. The average Bonchev–Trinajstić information content (AvgIpc) is 2.68. The fourth-order valence-electron chi connectivity index (χ4n) is 2.80. The maximum Gasteiger partial charge on any atom is 0.266 e. The minimum absolute atomic E-state index is 0.121. The highest BCUT2D eigenvalue weighted by Crippen LogP contribution is 2.25. The van der Waals surface area contributed by atoms with Crippen molar-refractivity contribution in [2.24, 2.45) is 0 Å². The Labute approximate surface area is 168 Å². The Morgan fingerprint density at radius 2 is 1.78 bits per heavy atom. The summed E-state index contributed by atoms with van der Waals surface area (Å²) in [6.07, 6.45) is 0. The molecule has 0 aliphatic carbocycles. The second kappa shape index (κ2) is 7.66. The second-order valence-electron chi connectivity index (χ2n) is 5.95. The molecule has 0 saturated carbocycles. The van der Waals surface area contributed by atoms with Crippen molar-refractivity contribution in [1.29, 1.82) is 0 Å². The number of halogens is 2. The first-order valence-corrected chi connectivity index (χ1v) is 10.0. The van der Waals surface area contributed by atoms with E-state index in [1.807, 2.05) is 48.5 Å². The van der Waals surface area contributed by atoms with E-state index >= 15 is 0 Å². The van der Waals surface area contributed by atoms with E-state index in [-0.39, 0.29) is 11.4 Å². The number of nitrogens with zero attached hydrogens (tertiary/aromatic N) is 2. The van der Waals surface area contributed by atoms with Gasteiger partial charge in [-0.2, -0.15) is 0 Å². The SMILES string of the molecule is O=c1c2ccccc2nc(SCc2cccc(F)c2)n1-c1ccc(Br)cc1. The molecule has 0 radical (unpaired) electrons. The molecule has 3 aromatic carbocycles. The Morgan fingerprint density at radius 1 is 1.00 bits per heavy atom. The van der Waals surface area contributed by atoms with Gasteiger partial charge in [0.25, 0.3) is 5.56 Å². The molecule has 0 spiro atoms. The lowest BCUT2D eigenvalue weighted by molar-refractivity contribution is 0.626. The van der Waals surface area contributed by atoms with Gasteiger partial charge in [0.05, 0.1) is 16.6 Å². The summed E-state index contributed by atoms with van der Waals surface area (Å²) in [7, 11) is 0. The summed E-state index contributed by atoms with van der Waals surface area (Å²) in [5.74, 6) is 0.240. The molecule has 1 heterocycles. The van der Waals surface area contributed by atoms with Crippen molar-refractivity contribution in [1.82, 2.24) is 9.55 Å². The van der Waals surface area contributed by atoms with Gasteiger partial charge in [-0.1, -0.05) is 52.0 Å². The van der Waals surface area contributed by atoms with E-state index in [0.29, 0.717) is 21.8 Å². The summed E-state index contributed by atoms with van der Waals surface area (Å²) in [6, 6.07) is 21.3. The lowest BCUT2D eigenvalue weighted by atomic mass is 10.2. The van der Waals surface area contributed by atoms with E-state index in [1.165, 1.54) is 23.9 Å². The van der Waals surface area contributed by atoms with Gasteiger partial charge in [-0.05, 0) is 54.1 Å². The molecule has 1 aromatic heterocycles. The molecule has 0 bridgehead atoms. The normalized spacial score (nSPS) is 11.0.